The summed E-state index contributed by atoms with van der Waals surface area (Å²) in [5.41, 5.74) is 0. The number of thiophene rings is 1. The van der Waals surface area contributed by atoms with E-state index in [0.717, 1.165) is 17.7 Å². The third-order valence-electron chi connectivity index (χ3n) is 2.40. The Morgan fingerprint density at radius 1 is 1.62 bits per heavy atom. The lowest BCUT2D eigenvalue weighted by Crippen LogP contribution is -2.06. The molecule has 1 N–H and O–H groups in total. The normalized spacial score (nSPS) is 17.0. The summed E-state index contributed by atoms with van der Waals surface area (Å²) in [7, 11) is 0. The van der Waals surface area contributed by atoms with E-state index in [2.05, 4.69) is 0 Å². The quantitative estimate of drug-likeness (QED) is 0.823. The van der Waals surface area contributed by atoms with E-state index >= 15 is 0 Å². The minimum atomic E-state index is -0.877. The molecule has 70 valence electrons. The van der Waals surface area contributed by atoms with Crippen molar-refractivity contribution >= 4 is 28.9 Å². The zero-order chi connectivity index (χ0) is 9.42. The van der Waals surface area contributed by atoms with Gasteiger partial charge in [-0.25, -0.2) is 4.79 Å². The van der Waals surface area contributed by atoms with Crippen LogP contribution in [0.3, 0.4) is 0 Å². The van der Waals surface area contributed by atoms with Gasteiger partial charge in [0, 0.05) is 4.88 Å². The molecule has 4 heteroatoms. The average Bonchev–Trinajstić information content (AvgIpc) is 2.29. The van der Waals surface area contributed by atoms with E-state index in [1.54, 1.807) is 6.07 Å². The van der Waals surface area contributed by atoms with Gasteiger partial charge in [-0.05, 0) is 24.8 Å². The van der Waals surface area contributed by atoms with Gasteiger partial charge in [0.1, 0.15) is 4.88 Å². The second kappa shape index (κ2) is 3.31. The van der Waals surface area contributed by atoms with Gasteiger partial charge >= 0.3 is 5.97 Å². The molecule has 1 aromatic heterocycles. The number of hydrogen-bond acceptors (Lipinski definition) is 2. The Morgan fingerprint density at radius 2 is 2.31 bits per heavy atom. The fraction of sp³-hybridized carbons (Fsp3) is 0.444. The zero-order valence-corrected chi connectivity index (χ0v) is 8.49. The molecule has 1 aliphatic rings. The molecule has 0 aliphatic heterocycles. The fourth-order valence-corrected chi connectivity index (χ4v) is 2.94. The number of carboxylic acid groups (broad SMARTS) is 1. The van der Waals surface area contributed by atoms with Gasteiger partial charge in [-0.1, -0.05) is 18.0 Å². The first-order chi connectivity index (χ1) is 6.18. The molecule has 2 nitrogen and oxygen atoms in total. The Morgan fingerprint density at radius 3 is 2.69 bits per heavy atom. The van der Waals surface area contributed by atoms with Crippen LogP contribution in [-0.4, -0.2) is 11.1 Å². The number of carbonyl (C=O) groups is 1. The highest BCUT2D eigenvalue weighted by molar-refractivity contribution is 7.14. The lowest BCUT2D eigenvalue weighted by atomic mass is 9.84. The molecule has 0 aromatic carbocycles. The summed E-state index contributed by atoms with van der Waals surface area (Å²) < 4.78 is 0. The van der Waals surface area contributed by atoms with Gasteiger partial charge in [-0.15, -0.1) is 11.3 Å². The van der Waals surface area contributed by atoms with Crippen LogP contribution in [0.5, 0.6) is 0 Å². The van der Waals surface area contributed by atoms with Crippen LogP contribution in [-0.2, 0) is 0 Å². The highest BCUT2D eigenvalue weighted by Gasteiger charge is 2.25. The lowest BCUT2D eigenvalue weighted by molar-refractivity contribution is 0.0702. The third-order valence-corrected chi connectivity index (χ3v) is 4.11. The predicted molar refractivity (Wildman–Crippen MR) is 52.9 cm³/mol. The van der Waals surface area contributed by atoms with Gasteiger partial charge in [0.05, 0.1) is 5.02 Å². The van der Waals surface area contributed by atoms with Crippen LogP contribution in [0.2, 0.25) is 5.02 Å². The maximum atomic E-state index is 10.6. The average molecular weight is 217 g/mol. The summed E-state index contributed by atoms with van der Waals surface area (Å²) in [6, 6.07) is 1.56. The van der Waals surface area contributed by atoms with Gasteiger partial charge in [0.2, 0.25) is 0 Å². The van der Waals surface area contributed by atoms with E-state index in [1.165, 1.54) is 17.8 Å². The number of hydrogen-bond donors (Lipinski definition) is 1. The number of carboxylic acids is 1. The Hall–Kier alpha value is -0.540. The van der Waals surface area contributed by atoms with E-state index < -0.39 is 5.97 Å². The van der Waals surface area contributed by atoms with E-state index in [-0.39, 0.29) is 0 Å². The minimum Gasteiger partial charge on any atom is -0.477 e. The molecular weight excluding hydrogens is 208 g/mol. The van der Waals surface area contributed by atoms with Gasteiger partial charge in [0.15, 0.2) is 0 Å². The molecule has 13 heavy (non-hydrogen) atoms. The van der Waals surface area contributed by atoms with E-state index in [0.29, 0.717) is 15.8 Å². The summed E-state index contributed by atoms with van der Waals surface area (Å²) in [5, 5.41) is 9.38. The standard InChI is InChI=1S/C9H9ClO2S/c10-6-4-7(9(11)12)13-8(6)5-2-1-3-5/h4-5H,1-3H2,(H,11,12). The fourth-order valence-electron chi connectivity index (χ4n) is 1.44. The van der Waals surface area contributed by atoms with Gasteiger partial charge in [-0.2, -0.15) is 0 Å². The van der Waals surface area contributed by atoms with Crippen molar-refractivity contribution in [1.82, 2.24) is 0 Å². The van der Waals surface area contributed by atoms with Crippen molar-refractivity contribution in [2.75, 3.05) is 0 Å². The molecule has 0 radical (unpaired) electrons. The summed E-state index contributed by atoms with van der Waals surface area (Å²) >= 11 is 7.26. The van der Waals surface area contributed by atoms with Crippen LogP contribution in [0, 0.1) is 0 Å². The van der Waals surface area contributed by atoms with Crippen LogP contribution in [0.4, 0.5) is 0 Å². The SMILES string of the molecule is O=C(O)c1cc(Cl)c(C2CCC2)s1. The molecule has 1 saturated carbocycles. The maximum absolute atomic E-state index is 10.6. The first-order valence-corrected chi connectivity index (χ1v) is 5.40. The van der Waals surface area contributed by atoms with Crippen molar-refractivity contribution in [3.05, 3.63) is 20.8 Å². The van der Waals surface area contributed by atoms with Crippen molar-refractivity contribution in [3.8, 4) is 0 Å². The first-order valence-electron chi connectivity index (χ1n) is 4.21. The van der Waals surface area contributed by atoms with Crippen molar-refractivity contribution in [3.63, 3.8) is 0 Å². The summed E-state index contributed by atoms with van der Waals surface area (Å²) in [6.07, 6.45) is 3.54. The topological polar surface area (TPSA) is 37.3 Å². The van der Waals surface area contributed by atoms with Crippen molar-refractivity contribution in [2.24, 2.45) is 0 Å². The second-order valence-electron chi connectivity index (χ2n) is 3.26. The smallest absolute Gasteiger partial charge is 0.345 e. The maximum Gasteiger partial charge on any atom is 0.345 e. The number of rotatable bonds is 2. The third kappa shape index (κ3) is 1.58. The van der Waals surface area contributed by atoms with Gasteiger partial charge in [-0.3, -0.25) is 0 Å². The zero-order valence-electron chi connectivity index (χ0n) is 6.92. The van der Waals surface area contributed by atoms with Gasteiger partial charge in [0.25, 0.3) is 0 Å². The summed E-state index contributed by atoms with van der Waals surface area (Å²) in [4.78, 5) is 12.1. The van der Waals surface area contributed by atoms with Crippen LogP contribution >= 0.6 is 22.9 Å². The first kappa shape index (κ1) is 9.03. The molecule has 2 rings (SSSR count). The van der Waals surface area contributed by atoms with E-state index in [9.17, 15) is 4.79 Å². The van der Waals surface area contributed by atoms with E-state index in [4.69, 9.17) is 16.7 Å². The Bertz CT molecular complexity index is 341. The Kier molecular flexibility index (Phi) is 2.30. The highest BCUT2D eigenvalue weighted by Crippen LogP contribution is 2.43. The van der Waals surface area contributed by atoms with Crippen LogP contribution in [0.25, 0.3) is 0 Å². The Labute approximate surface area is 85.1 Å². The minimum absolute atomic E-state index is 0.354. The van der Waals surface area contributed by atoms with Crippen LogP contribution in [0.1, 0.15) is 39.7 Å². The molecule has 1 aromatic rings. The number of halogens is 1. The molecule has 0 atom stereocenters. The van der Waals surface area contributed by atoms with Crippen LogP contribution in [0.15, 0.2) is 6.07 Å². The molecule has 1 aliphatic carbocycles. The van der Waals surface area contributed by atoms with Crippen molar-refractivity contribution in [1.29, 1.82) is 0 Å². The summed E-state index contributed by atoms with van der Waals surface area (Å²) in [6.45, 7) is 0. The van der Waals surface area contributed by atoms with Crippen LogP contribution < -0.4 is 0 Å². The largest absolute Gasteiger partial charge is 0.477 e. The van der Waals surface area contributed by atoms with Crippen molar-refractivity contribution in [2.45, 2.75) is 25.2 Å². The molecular formula is C9H9ClO2S. The number of aromatic carboxylic acids is 1. The van der Waals surface area contributed by atoms with E-state index in [1.807, 2.05) is 0 Å². The second-order valence-corrected chi connectivity index (χ2v) is 4.75. The highest BCUT2D eigenvalue weighted by atomic mass is 35.5. The summed E-state index contributed by atoms with van der Waals surface area (Å²) in [5.74, 6) is -0.358. The molecule has 0 spiro atoms. The molecule has 1 heterocycles. The molecule has 0 saturated heterocycles. The molecule has 0 unspecified atom stereocenters. The molecule has 0 bridgehead atoms. The Balaban J connectivity index is 2.29. The van der Waals surface area contributed by atoms with Gasteiger partial charge < -0.3 is 5.11 Å². The molecule has 0 amide bonds. The lowest BCUT2D eigenvalue weighted by Gasteiger charge is -2.24. The monoisotopic (exact) mass is 216 g/mol. The molecule has 1 fully saturated rings. The predicted octanol–water partition coefficient (Wildman–Crippen LogP) is 3.37. The van der Waals surface area contributed by atoms with Crippen molar-refractivity contribution < 1.29 is 9.90 Å².